The van der Waals surface area contributed by atoms with Crippen molar-refractivity contribution in [2.24, 2.45) is 0 Å². The van der Waals surface area contributed by atoms with Crippen LogP contribution in [0.1, 0.15) is 96.8 Å². The average Bonchev–Trinajstić information content (AvgIpc) is 2.72. The number of esters is 1. The van der Waals surface area contributed by atoms with Crippen LogP contribution in [-0.4, -0.2) is 50.7 Å². The van der Waals surface area contributed by atoms with Crippen molar-refractivity contribution < 1.29 is 24.1 Å². The van der Waals surface area contributed by atoms with E-state index < -0.39 is 0 Å². The van der Waals surface area contributed by atoms with E-state index in [2.05, 4.69) is 19.1 Å². The molecule has 0 aliphatic carbocycles. The minimum absolute atomic E-state index is 0.0218. The summed E-state index contributed by atoms with van der Waals surface area (Å²) in [5.41, 5.74) is 0. The number of hydrogen-bond donors (Lipinski definition) is 1. The molecule has 5 nitrogen and oxygen atoms in total. The fourth-order valence-corrected chi connectivity index (χ4v) is 3.01. The second-order valence-electron chi connectivity index (χ2n) is 7.50. The molecule has 0 aliphatic rings. The fourth-order valence-electron chi connectivity index (χ4n) is 3.01. The van der Waals surface area contributed by atoms with E-state index in [9.17, 15) is 4.79 Å². The largest absolute Gasteiger partial charge is 0.463 e. The Morgan fingerprint density at radius 2 is 1.21 bits per heavy atom. The van der Waals surface area contributed by atoms with E-state index in [1.807, 2.05) is 0 Å². The van der Waals surface area contributed by atoms with Gasteiger partial charge < -0.3 is 19.3 Å². The van der Waals surface area contributed by atoms with Gasteiger partial charge in [0.1, 0.15) is 6.61 Å². The first-order valence-electron chi connectivity index (χ1n) is 11.9. The van der Waals surface area contributed by atoms with Crippen molar-refractivity contribution in [2.45, 2.75) is 96.8 Å². The number of carbonyl (C=O) groups excluding carboxylic acids is 1. The van der Waals surface area contributed by atoms with Crippen LogP contribution in [-0.2, 0) is 19.0 Å². The summed E-state index contributed by atoms with van der Waals surface area (Å²) in [6.45, 7) is 4.19. The molecule has 0 amide bonds. The number of aliphatic hydroxyl groups is 1. The molecule has 0 unspecified atom stereocenters. The standard InChI is InChI=1S/C24H46O5/c1-2-3-4-5-6-7-8-9-10-11-12-13-14-15-16-17-24(26)29-23-22-28-21-20-27-19-18-25/h9-10,25H,2-8,11-23H2,1H3/b10-9-. The van der Waals surface area contributed by atoms with E-state index in [4.69, 9.17) is 19.3 Å². The number of hydrogen-bond acceptors (Lipinski definition) is 5. The van der Waals surface area contributed by atoms with Gasteiger partial charge in [-0.15, -0.1) is 0 Å². The molecule has 5 heteroatoms. The second kappa shape index (κ2) is 25.1. The molecule has 0 rings (SSSR count). The molecule has 0 saturated carbocycles. The van der Waals surface area contributed by atoms with Gasteiger partial charge in [0.15, 0.2) is 0 Å². The van der Waals surface area contributed by atoms with Crippen LogP contribution in [0.25, 0.3) is 0 Å². The molecule has 0 spiro atoms. The number of rotatable bonds is 23. The van der Waals surface area contributed by atoms with E-state index in [0.717, 1.165) is 12.8 Å². The van der Waals surface area contributed by atoms with Gasteiger partial charge in [-0.3, -0.25) is 4.79 Å². The van der Waals surface area contributed by atoms with Gasteiger partial charge >= 0.3 is 5.97 Å². The van der Waals surface area contributed by atoms with Crippen molar-refractivity contribution in [1.82, 2.24) is 0 Å². The van der Waals surface area contributed by atoms with Crippen molar-refractivity contribution in [3.05, 3.63) is 12.2 Å². The monoisotopic (exact) mass is 414 g/mol. The molecule has 0 aromatic rings. The maximum Gasteiger partial charge on any atom is 0.305 e. The van der Waals surface area contributed by atoms with Crippen molar-refractivity contribution in [1.29, 1.82) is 0 Å². The summed E-state index contributed by atoms with van der Waals surface area (Å²) in [5, 5.41) is 8.55. The molecule has 1 N–H and O–H groups in total. The minimum atomic E-state index is -0.136. The van der Waals surface area contributed by atoms with Crippen molar-refractivity contribution in [3.63, 3.8) is 0 Å². The highest BCUT2D eigenvalue weighted by atomic mass is 16.6. The molecule has 0 radical (unpaired) electrons. The summed E-state index contributed by atoms with van der Waals surface area (Å²) >= 11 is 0. The van der Waals surface area contributed by atoms with E-state index in [-0.39, 0.29) is 12.6 Å². The Balaban J connectivity index is 3.19. The van der Waals surface area contributed by atoms with Crippen LogP contribution in [0.2, 0.25) is 0 Å². The van der Waals surface area contributed by atoms with Crippen LogP contribution in [0.4, 0.5) is 0 Å². The van der Waals surface area contributed by atoms with E-state index in [0.29, 0.717) is 39.5 Å². The Bertz CT molecular complexity index is 357. The SMILES string of the molecule is CCCCCCCC/C=C\CCCCCCCC(=O)OCCOCCOCCO. The maximum absolute atomic E-state index is 11.6. The molecule has 0 atom stereocenters. The summed E-state index contributed by atoms with van der Waals surface area (Å²) in [6.07, 6.45) is 21.5. The molecule has 0 aliphatic heterocycles. The van der Waals surface area contributed by atoms with Crippen molar-refractivity contribution in [3.8, 4) is 0 Å². The molecule has 29 heavy (non-hydrogen) atoms. The summed E-state index contributed by atoms with van der Waals surface area (Å²) in [5.74, 6) is -0.136. The van der Waals surface area contributed by atoms with Gasteiger partial charge in [-0.05, 0) is 32.1 Å². The minimum Gasteiger partial charge on any atom is -0.463 e. The molecule has 0 saturated heterocycles. The Morgan fingerprint density at radius 3 is 1.83 bits per heavy atom. The smallest absolute Gasteiger partial charge is 0.305 e. The van der Waals surface area contributed by atoms with Crippen molar-refractivity contribution >= 4 is 5.97 Å². The highest BCUT2D eigenvalue weighted by Gasteiger charge is 2.02. The first kappa shape index (κ1) is 28.1. The van der Waals surface area contributed by atoms with Gasteiger partial charge in [0.25, 0.3) is 0 Å². The lowest BCUT2D eigenvalue weighted by Gasteiger charge is -2.06. The molecular formula is C24H46O5. The van der Waals surface area contributed by atoms with Gasteiger partial charge in [-0.2, -0.15) is 0 Å². The van der Waals surface area contributed by atoms with Crippen LogP contribution in [0.5, 0.6) is 0 Å². The third-order valence-electron chi connectivity index (χ3n) is 4.74. The zero-order valence-electron chi connectivity index (χ0n) is 18.9. The molecule has 0 aromatic carbocycles. The molecule has 0 bridgehead atoms. The lowest BCUT2D eigenvalue weighted by Crippen LogP contribution is -2.13. The van der Waals surface area contributed by atoms with Gasteiger partial charge in [-0.25, -0.2) is 0 Å². The van der Waals surface area contributed by atoms with Gasteiger partial charge in [-0.1, -0.05) is 70.4 Å². The summed E-state index contributed by atoms with van der Waals surface area (Å²) in [7, 11) is 0. The van der Waals surface area contributed by atoms with Gasteiger partial charge in [0.2, 0.25) is 0 Å². The predicted octanol–water partition coefficient (Wildman–Crippen LogP) is 5.59. The van der Waals surface area contributed by atoms with E-state index in [1.165, 1.54) is 70.6 Å². The fraction of sp³-hybridized carbons (Fsp3) is 0.875. The van der Waals surface area contributed by atoms with Crippen LogP contribution >= 0.6 is 0 Å². The third-order valence-corrected chi connectivity index (χ3v) is 4.74. The van der Waals surface area contributed by atoms with E-state index in [1.54, 1.807) is 0 Å². The second-order valence-corrected chi connectivity index (χ2v) is 7.50. The zero-order chi connectivity index (χ0) is 21.3. The van der Waals surface area contributed by atoms with Crippen LogP contribution in [0, 0.1) is 0 Å². The Labute approximate surface area is 179 Å². The average molecular weight is 415 g/mol. The number of aliphatic hydroxyl groups excluding tert-OH is 1. The highest BCUT2D eigenvalue weighted by Crippen LogP contribution is 2.10. The highest BCUT2D eigenvalue weighted by molar-refractivity contribution is 5.69. The quantitative estimate of drug-likeness (QED) is 0.134. The molecular weight excluding hydrogens is 368 g/mol. The van der Waals surface area contributed by atoms with Gasteiger partial charge in [0.05, 0.1) is 33.0 Å². The lowest BCUT2D eigenvalue weighted by atomic mass is 10.1. The Hall–Kier alpha value is -0.910. The summed E-state index contributed by atoms with van der Waals surface area (Å²) in [6, 6.07) is 0. The topological polar surface area (TPSA) is 65.0 Å². The summed E-state index contributed by atoms with van der Waals surface area (Å²) < 4.78 is 15.5. The summed E-state index contributed by atoms with van der Waals surface area (Å²) in [4.78, 5) is 11.6. The molecule has 0 aromatic heterocycles. The van der Waals surface area contributed by atoms with Crippen LogP contribution in [0.15, 0.2) is 12.2 Å². The van der Waals surface area contributed by atoms with Gasteiger partial charge in [0, 0.05) is 6.42 Å². The van der Waals surface area contributed by atoms with Crippen molar-refractivity contribution in [2.75, 3.05) is 39.6 Å². The number of ether oxygens (including phenoxy) is 3. The predicted molar refractivity (Wildman–Crippen MR) is 119 cm³/mol. The first-order chi connectivity index (χ1) is 14.3. The lowest BCUT2D eigenvalue weighted by molar-refractivity contribution is -0.145. The zero-order valence-corrected chi connectivity index (χ0v) is 18.9. The molecule has 172 valence electrons. The molecule has 0 fully saturated rings. The Kier molecular flexibility index (Phi) is 24.3. The normalized spacial score (nSPS) is 11.4. The van der Waals surface area contributed by atoms with Crippen LogP contribution < -0.4 is 0 Å². The number of allylic oxidation sites excluding steroid dienone is 2. The Morgan fingerprint density at radius 1 is 0.690 bits per heavy atom. The first-order valence-corrected chi connectivity index (χ1v) is 11.9. The van der Waals surface area contributed by atoms with Crippen LogP contribution in [0.3, 0.4) is 0 Å². The maximum atomic E-state index is 11.6. The molecule has 0 heterocycles. The number of carbonyl (C=O) groups is 1. The number of unbranched alkanes of at least 4 members (excludes halogenated alkanes) is 11. The van der Waals surface area contributed by atoms with E-state index >= 15 is 0 Å². The third kappa shape index (κ3) is 25.1.